The highest BCUT2D eigenvalue weighted by molar-refractivity contribution is 6.02. The van der Waals surface area contributed by atoms with E-state index in [1.54, 1.807) is 39.5 Å². The lowest BCUT2D eigenvalue weighted by molar-refractivity contribution is 0.0935. The molecule has 0 aromatic heterocycles. The first-order chi connectivity index (χ1) is 12.1. The second-order valence-corrected chi connectivity index (χ2v) is 5.41. The third-order valence-electron chi connectivity index (χ3n) is 4.10. The van der Waals surface area contributed by atoms with E-state index in [0.717, 1.165) is 5.56 Å². The highest BCUT2D eigenvalue weighted by Crippen LogP contribution is 2.38. The van der Waals surface area contributed by atoms with Crippen LogP contribution in [0.5, 0.6) is 23.0 Å². The van der Waals surface area contributed by atoms with E-state index in [1.165, 1.54) is 7.11 Å². The van der Waals surface area contributed by atoms with Crippen molar-refractivity contribution in [3.8, 4) is 23.0 Å². The van der Waals surface area contributed by atoms with Gasteiger partial charge in [0.25, 0.3) is 5.91 Å². The van der Waals surface area contributed by atoms with Crippen LogP contribution < -0.4 is 29.6 Å². The van der Waals surface area contributed by atoms with Crippen molar-refractivity contribution in [1.29, 1.82) is 0 Å². The zero-order chi connectivity index (χ0) is 18.0. The Kier molecular flexibility index (Phi) is 4.56. The van der Waals surface area contributed by atoms with Crippen LogP contribution >= 0.6 is 0 Å². The highest BCUT2D eigenvalue weighted by atomic mass is 16.5. The quantitative estimate of drug-likeness (QED) is 0.868. The number of ether oxygens (including phenoxy) is 4. The predicted octanol–water partition coefficient (Wildman–Crippen LogP) is 2.58. The molecule has 1 atom stereocenters. The van der Waals surface area contributed by atoms with E-state index in [2.05, 4.69) is 10.6 Å². The number of rotatable bonds is 5. The van der Waals surface area contributed by atoms with Crippen molar-refractivity contribution in [1.82, 2.24) is 5.32 Å². The van der Waals surface area contributed by atoms with Crippen molar-refractivity contribution >= 4 is 11.6 Å². The Morgan fingerprint density at radius 2 is 1.48 bits per heavy atom. The topological polar surface area (TPSA) is 78.1 Å². The summed E-state index contributed by atoms with van der Waals surface area (Å²) < 4.78 is 21.2. The van der Waals surface area contributed by atoms with Gasteiger partial charge in [-0.2, -0.15) is 0 Å². The molecule has 1 aliphatic heterocycles. The zero-order valence-corrected chi connectivity index (χ0v) is 14.5. The molecule has 7 nitrogen and oxygen atoms in total. The first kappa shape index (κ1) is 16.8. The summed E-state index contributed by atoms with van der Waals surface area (Å²) in [5, 5.41) is 6.22. The monoisotopic (exact) mass is 344 g/mol. The molecular formula is C18H20N2O5. The van der Waals surface area contributed by atoms with Crippen molar-refractivity contribution in [3.05, 3.63) is 41.5 Å². The van der Waals surface area contributed by atoms with Crippen LogP contribution in [0.15, 0.2) is 30.3 Å². The summed E-state index contributed by atoms with van der Waals surface area (Å²) in [6, 6.07) is 8.83. The molecule has 0 spiro atoms. The highest BCUT2D eigenvalue weighted by Gasteiger charge is 2.28. The second-order valence-electron chi connectivity index (χ2n) is 5.41. The minimum atomic E-state index is -0.445. The lowest BCUT2D eigenvalue weighted by Crippen LogP contribution is -2.38. The number of methoxy groups -OCH3 is 4. The van der Waals surface area contributed by atoms with Gasteiger partial charge >= 0.3 is 0 Å². The van der Waals surface area contributed by atoms with Crippen LogP contribution in [-0.2, 0) is 0 Å². The molecule has 0 bridgehead atoms. The molecule has 0 aliphatic carbocycles. The van der Waals surface area contributed by atoms with Crippen LogP contribution in [0, 0.1) is 0 Å². The Labute approximate surface area is 145 Å². The normalized spacial score (nSPS) is 15.5. The summed E-state index contributed by atoms with van der Waals surface area (Å²) >= 11 is 0. The fourth-order valence-corrected chi connectivity index (χ4v) is 2.80. The molecular weight excluding hydrogens is 324 g/mol. The van der Waals surface area contributed by atoms with Crippen molar-refractivity contribution in [3.63, 3.8) is 0 Å². The van der Waals surface area contributed by atoms with E-state index < -0.39 is 6.17 Å². The molecule has 0 unspecified atom stereocenters. The van der Waals surface area contributed by atoms with Crippen LogP contribution in [0.4, 0.5) is 5.69 Å². The van der Waals surface area contributed by atoms with Crippen molar-refractivity contribution in [2.75, 3.05) is 33.8 Å². The van der Waals surface area contributed by atoms with Gasteiger partial charge in [-0.1, -0.05) is 0 Å². The van der Waals surface area contributed by atoms with E-state index in [4.69, 9.17) is 18.9 Å². The van der Waals surface area contributed by atoms with Crippen molar-refractivity contribution in [2.24, 2.45) is 0 Å². The van der Waals surface area contributed by atoms with Crippen LogP contribution in [-0.4, -0.2) is 34.3 Å². The molecule has 2 aromatic rings. The van der Waals surface area contributed by atoms with Gasteiger partial charge in [0.05, 0.1) is 39.7 Å². The number of amides is 1. The Balaban J connectivity index is 2.00. The minimum Gasteiger partial charge on any atom is -0.497 e. The van der Waals surface area contributed by atoms with Crippen LogP contribution in [0.3, 0.4) is 0 Å². The molecule has 2 N–H and O–H groups in total. The molecule has 7 heteroatoms. The molecule has 2 aromatic carbocycles. The number of fused-ring (bicyclic) bond motifs is 1. The summed E-state index contributed by atoms with van der Waals surface area (Å²) in [5.41, 5.74) is 1.93. The van der Waals surface area contributed by atoms with E-state index in [1.807, 2.05) is 12.1 Å². The van der Waals surface area contributed by atoms with E-state index >= 15 is 0 Å². The van der Waals surface area contributed by atoms with Gasteiger partial charge < -0.3 is 29.6 Å². The maximum absolute atomic E-state index is 12.5. The fraction of sp³-hybridized carbons (Fsp3) is 0.278. The Hall–Kier alpha value is -3.09. The van der Waals surface area contributed by atoms with Gasteiger partial charge in [-0.3, -0.25) is 4.79 Å². The maximum atomic E-state index is 12.5. The molecule has 1 heterocycles. The summed E-state index contributed by atoms with van der Waals surface area (Å²) in [6.07, 6.45) is -0.445. The maximum Gasteiger partial charge on any atom is 0.255 e. The van der Waals surface area contributed by atoms with Gasteiger partial charge in [0.15, 0.2) is 11.5 Å². The number of hydrogen-bond acceptors (Lipinski definition) is 6. The first-order valence-corrected chi connectivity index (χ1v) is 7.66. The largest absolute Gasteiger partial charge is 0.497 e. The molecule has 1 aliphatic rings. The molecule has 0 fully saturated rings. The van der Waals surface area contributed by atoms with Crippen LogP contribution in [0.25, 0.3) is 0 Å². The van der Waals surface area contributed by atoms with E-state index in [9.17, 15) is 4.79 Å². The lowest BCUT2D eigenvalue weighted by Gasteiger charge is -2.29. The van der Waals surface area contributed by atoms with Crippen LogP contribution in [0.1, 0.15) is 22.1 Å². The van der Waals surface area contributed by atoms with Gasteiger partial charge in [-0.25, -0.2) is 0 Å². The number of carbonyl (C=O) groups is 1. The summed E-state index contributed by atoms with van der Waals surface area (Å²) in [7, 11) is 6.25. The van der Waals surface area contributed by atoms with Gasteiger partial charge in [0.2, 0.25) is 0 Å². The second kappa shape index (κ2) is 6.80. The van der Waals surface area contributed by atoms with Crippen molar-refractivity contribution in [2.45, 2.75) is 6.17 Å². The fourth-order valence-electron chi connectivity index (χ4n) is 2.80. The van der Waals surface area contributed by atoms with Gasteiger partial charge in [0, 0.05) is 17.7 Å². The Bertz CT molecular complexity index is 806. The number of hydrogen-bond donors (Lipinski definition) is 2. The van der Waals surface area contributed by atoms with Gasteiger partial charge in [0.1, 0.15) is 17.7 Å². The summed E-state index contributed by atoms with van der Waals surface area (Å²) in [6.45, 7) is 0. The average Bonchev–Trinajstić information content (AvgIpc) is 2.66. The SMILES string of the molecule is COc1ccc([C@@H]2NC(=O)c3cc(OC)c(OC)cc3N2)c(OC)c1. The van der Waals surface area contributed by atoms with Crippen molar-refractivity contribution < 1.29 is 23.7 Å². The molecule has 0 saturated heterocycles. The third kappa shape index (κ3) is 3.00. The molecule has 25 heavy (non-hydrogen) atoms. The minimum absolute atomic E-state index is 0.211. The van der Waals surface area contributed by atoms with Gasteiger partial charge in [-0.05, 0) is 18.2 Å². The summed E-state index contributed by atoms with van der Waals surface area (Å²) in [5.74, 6) is 2.12. The number of benzene rings is 2. The first-order valence-electron chi connectivity index (χ1n) is 7.66. The Morgan fingerprint density at radius 3 is 2.12 bits per heavy atom. The standard InChI is InChI=1S/C18H20N2O5/c1-22-10-5-6-11(14(7-10)23-2)17-19-13-9-16(25-4)15(24-3)8-12(13)18(21)20-17/h5-9,17,19H,1-4H3,(H,20,21)/t17-/m0/s1. The molecule has 3 rings (SSSR count). The van der Waals surface area contributed by atoms with E-state index in [0.29, 0.717) is 34.2 Å². The van der Waals surface area contributed by atoms with Gasteiger partial charge in [-0.15, -0.1) is 0 Å². The zero-order valence-electron chi connectivity index (χ0n) is 14.5. The van der Waals surface area contributed by atoms with Crippen LogP contribution in [0.2, 0.25) is 0 Å². The summed E-state index contributed by atoms with van der Waals surface area (Å²) in [4.78, 5) is 12.5. The lowest BCUT2D eigenvalue weighted by atomic mass is 10.0. The molecule has 0 radical (unpaired) electrons. The van der Waals surface area contributed by atoms with E-state index in [-0.39, 0.29) is 5.91 Å². The number of carbonyl (C=O) groups excluding carboxylic acids is 1. The molecule has 132 valence electrons. The predicted molar refractivity (Wildman–Crippen MR) is 92.9 cm³/mol. The third-order valence-corrected chi connectivity index (χ3v) is 4.10. The Morgan fingerprint density at radius 1 is 0.800 bits per heavy atom. The molecule has 0 saturated carbocycles. The number of anilines is 1. The smallest absolute Gasteiger partial charge is 0.255 e. The average molecular weight is 344 g/mol. The molecule has 1 amide bonds. The number of nitrogens with one attached hydrogen (secondary N) is 2.